The van der Waals surface area contributed by atoms with Gasteiger partial charge >= 0.3 is 0 Å². The number of likely N-dealkylation sites (tertiary alicyclic amines) is 1. The first kappa shape index (κ1) is 25.8. The van der Waals surface area contributed by atoms with Crippen LogP contribution in [0.2, 0.25) is 0 Å². The lowest BCUT2D eigenvalue weighted by Crippen LogP contribution is -2.33. The van der Waals surface area contributed by atoms with E-state index in [0.29, 0.717) is 31.3 Å². The molecule has 0 aliphatic carbocycles. The van der Waals surface area contributed by atoms with Crippen LogP contribution in [0.1, 0.15) is 72.8 Å². The second-order valence-corrected chi connectivity index (χ2v) is 11.7. The Morgan fingerprint density at radius 3 is 2.62 bits per heavy atom. The molecule has 6 rings (SSSR count). The molecule has 6 nitrogen and oxygen atoms in total. The van der Waals surface area contributed by atoms with E-state index in [1.807, 2.05) is 22.3 Å². The van der Waals surface area contributed by atoms with E-state index in [0.717, 1.165) is 64.8 Å². The molecule has 0 radical (unpaired) electrons. The van der Waals surface area contributed by atoms with Crippen LogP contribution in [0.25, 0.3) is 11.0 Å². The van der Waals surface area contributed by atoms with Gasteiger partial charge < -0.3 is 4.90 Å². The first-order chi connectivity index (χ1) is 18.9. The number of hydrogen-bond donors (Lipinski definition) is 0. The van der Waals surface area contributed by atoms with Crippen LogP contribution in [0.5, 0.6) is 0 Å². The maximum Gasteiger partial charge on any atom is 0.158 e. The van der Waals surface area contributed by atoms with Crippen LogP contribution in [-0.4, -0.2) is 50.0 Å². The second-order valence-electron chi connectivity index (χ2n) is 10.8. The smallest absolute Gasteiger partial charge is 0.158 e. The number of nitrogens with zero attached hydrogens (tertiary/aromatic N) is 6. The van der Waals surface area contributed by atoms with Gasteiger partial charge in [0.05, 0.1) is 28.7 Å². The molecule has 1 saturated heterocycles. The first-order valence-electron chi connectivity index (χ1n) is 13.6. The van der Waals surface area contributed by atoms with E-state index in [1.54, 1.807) is 11.3 Å². The van der Waals surface area contributed by atoms with Gasteiger partial charge in [-0.3, -0.25) is 4.99 Å². The van der Waals surface area contributed by atoms with Crippen molar-refractivity contribution in [1.29, 1.82) is 0 Å². The molecule has 0 spiro atoms. The van der Waals surface area contributed by atoms with Gasteiger partial charge in [-0.05, 0) is 43.0 Å². The molecule has 2 aliphatic heterocycles. The number of allylic oxidation sites excluding steroid dienone is 1. The molecular formula is C30H32F2N6S. The molecule has 1 fully saturated rings. The Kier molecular flexibility index (Phi) is 7.01. The molecule has 1 unspecified atom stereocenters. The van der Waals surface area contributed by atoms with Crippen LogP contribution in [0.4, 0.5) is 8.78 Å². The van der Waals surface area contributed by atoms with Gasteiger partial charge in [0.1, 0.15) is 11.6 Å². The fraction of sp³-hybridized carbons (Fsp3) is 0.400. The molecule has 2 aliphatic rings. The quantitative estimate of drug-likeness (QED) is 0.260. The van der Waals surface area contributed by atoms with Crippen molar-refractivity contribution < 1.29 is 8.78 Å². The molecular weight excluding hydrogens is 514 g/mol. The zero-order valence-corrected chi connectivity index (χ0v) is 23.1. The topological polar surface area (TPSA) is 59.2 Å². The van der Waals surface area contributed by atoms with Crippen molar-refractivity contribution in [2.75, 3.05) is 19.6 Å². The van der Waals surface area contributed by atoms with Crippen LogP contribution in [0.3, 0.4) is 0 Å². The Morgan fingerprint density at radius 1 is 1.10 bits per heavy atom. The third-order valence-electron chi connectivity index (χ3n) is 7.87. The van der Waals surface area contributed by atoms with Crippen molar-refractivity contribution in [3.63, 3.8) is 0 Å². The number of fused-ring (bicyclic) bond motifs is 1. The lowest BCUT2D eigenvalue weighted by Gasteiger charge is -2.34. The van der Waals surface area contributed by atoms with Crippen LogP contribution in [0.15, 0.2) is 59.2 Å². The summed E-state index contributed by atoms with van der Waals surface area (Å²) in [5.74, 6) is -0.567. The minimum atomic E-state index is -0.499. The number of benzene rings is 1. The lowest BCUT2D eigenvalue weighted by molar-refractivity contribution is 0.252. The predicted molar refractivity (Wildman–Crippen MR) is 152 cm³/mol. The van der Waals surface area contributed by atoms with Crippen molar-refractivity contribution in [1.82, 2.24) is 24.6 Å². The predicted octanol–water partition coefficient (Wildman–Crippen LogP) is 6.66. The average Bonchev–Trinajstić information content (AvgIpc) is 3.68. The zero-order valence-electron chi connectivity index (χ0n) is 22.3. The van der Waals surface area contributed by atoms with E-state index < -0.39 is 11.6 Å². The lowest BCUT2D eigenvalue weighted by atomic mass is 9.94. The van der Waals surface area contributed by atoms with Gasteiger partial charge in [-0.1, -0.05) is 26.5 Å². The number of rotatable bonds is 7. The Bertz CT molecular complexity index is 1530. The SMILES string of the molecule is C=C(Cn1nc(C(C)C)c2cccnc21)N1CCC(c2nc(C3=NCC(c4c(F)cccc4F)C3)cs2)CC1. The molecule has 1 aromatic carbocycles. The number of hydrogen-bond acceptors (Lipinski definition) is 6. The molecule has 202 valence electrons. The molecule has 0 saturated carbocycles. The third-order valence-corrected chi connectivity index (χ3v) is 8.88. The molecule has 4 aromatic rings. The Hall–Kier alpha value is -3.46. The van der Waals surface area contributed by atoms with Gasteiger partial charge in [-0.25, -0.2) is 23.4 Å². The van der Waals surface area contributed by atoms with Crippen LogP contribution >= 0.6 is 11.3 Å². The normalized spacial score (nSPS) is 18.3. The summed E-state index contributed by atoms with van der Waals surface area (Å²) in [4.78, 5) is 16.5. The summed E-state index contributed by atoms with van der Waals surface area (Å²) >= 11 is 1.66. The summed E-state index contributed by atoms with van der Waals surface area (Å²) in [6, 6.07) is 8.08. The molecule has 9 heteroatoms. The van der Waals surface area contributed by atoms with Crippen molar-refractivity contribution >= 4 is 28.1 Å². The molecule has 0 bridgehead atoms. The fourth-order valence-electron chi connectivity index (χ4n) is 5.76. The molecule has 0 N–H and O–H groups in total. The standard InChI is InChI=1S/C30H32F2N6S/c1-18(2)28-22-6-5-11-33-29(22)38(36-28)16-19(3)37-12-9-20(10-13-37)30-35-26(17-39-30)25-14-21(15-34-25)27-23(31)7-4-8-24(27)32/h4-8,11,17-18,20-21H,3,9-10,12-16H2,1-2H3. The third kappa shape index (κ3) is 5.00. The summed E-state index contributed by atoms with van der Waals surface area (Å²) in [5, 5.41) is 9.13. The van der Waals surface area contributed by atoms with E-state index in [1.165, 1.54) is 18.2 Å². The summed E-state index contributed by atoms with van der Waals surface area (Å²) in [6.45, 7) is 11.5. The van der Waals surface area contributed by atoms with E-state index in [-0.39, 0.29) is 11.5 Å². The highest BCUT2D eigenvalue weighted by Gasteiger charge is 2.29. The Balaban J connectivity index is 1.07. The highest BCUT2D eigenvalue weighted by molar-refractivity contribution is 7.10. The minimum absolute atomic E-state index is 0.138. The summed E-state index contributed by atoms with van der Waals surface area (Å²) in [5.41, 5.74) is 4.85. The van der Waals surface area contributed by atoms with Gasteiger partial charge in [0.2, 0.25) is 0 Å². The summed E-state index contributed by atoms with van der Waals surface area (Å²) < 4.78 is 30.5. The van der Waals surface area contributed by atoms with E-state index >= 15 is 0 Å². The van der Waals surface area contributed by atoms with Gasteiger partial charge in [-0.2, -0.15) is 5.10 Å². The van der Waals surface area contributed by atoms with Gasteiger partial charge in [-0.15, -0.1) is 11.3 Å². The zero-order chi connectivity index (χ0) is 27.1. The minimum Gasteiger partial charge on any atom is -0.374 e. The highest BCUT2D eigenvalue weighted by atomic mass is 32.1. The van der Waals surface area contributed by atoms with Crippen LogP contribution in [-0.2, 0) is 6.54 Å². The van der Waals surface area contributed by atoms with Crippen LogP contribution in [0, 0.1) is 11.6 Å². The molecule has 0 amide bonds. The number of aromatic nitrogens is 4. The fourth-order valence-corrected chi connectivity index (χ4v) is 6.76. The van der Waals surface area contributed by atoms with Crippen molar-refractivity contribution in [2.45, 2.75) is 57.4 Å². The number of thiazole rings is 1. The second kappa shape index (κ2) is 10.6. The van der Waals surface area contributed by atoms with Crippen molar-refractivity contribution in [3.8, 4) is 0 Å². The van der Waals surface area contributed by atoms with Gasteiger partial charge in [0, 0.05) is 66.1 Å². The van der Waals surface area contributed by atoms with Crippen LogP contribution < -0.4 is 0 Å². The maximum atomic E-state index is 14.3. The molecule has 1 atom stereocenters. The average molecular weight is 547 g/mol. The monoisotopic (exact) mass is 546 g/mol. The molecule has 5 heterocycles. The van der Waals surface area contributed by atoms with Gasteiger partial charge in [0.25, 0.3) is 0 Å². The number of aliphatic imine (C=N–C) groups is 1. The Labute approximate surface area is 231 Å². The largest absolute Gasteiger partial charge is 0.374 e. The number of piperidine rings is 1. The first-order valence-corrected chi connectivity index (χ1v) is 14.4. The van der Waals surface area contributed by atoms with E-state index in [2.05, 4.69) is 41.4 Å². The number of halogens is 2. The van der Waals surface area contributed by atoms with E-state index in [9.17, 15) is 8.78 Å². The summed E-state index contributed by atoms with van der Waals surface area (Å²) in [6.07, 6.45) is 4.32. The van der Waals surface area contributed by atoms with Crippen molar-refractivity contribution in [2.24, 2.45) is 4.99 Å². The molecule has 3 aromatic heterocycles. The summed E-state index contributed by atoms with van der Waals surface area (Å²) in [7, 11) is 0. The van der Waals surface area contributed by atoms with Crippen molar-refractivity contribution in [3.05, 3.63) is 87.8 Å². The maximum absolute atomic E-state index is 14.3. The number of pyridine rings is 1. The molecule has 39 heavy (non-hydrogen) atoms. The highest BCUT2D eigenvalue weighted by Crippen LogP contribution is 2.35. The van der Waals surface area contributed by atoms with Gasteiger partial charge in [0.15, 0.2) is 5.65 Å². The Morgan fingerprint density at radius 2 is 1.87 bits per heavy atom. The van der Waals surface area contributed by atoms with E-state index in [4.69, 9.17) is 10.1 Å².